The summed E-state index contributed by atoms with van der Waals surface area (Å²) in [6.45, 7) is 4.31. The van der Waals surface area contributed by atoms with E-state index in [1.54, 1.807) is 6.07 Å². The molecule has 0 atom stereocenters. The largest absolute Gasteiger partial charge is 0.356 e. The van der Waals surface area contributed by atoms with Gasteiger partial charge in [-0.05, 0) is 96.8 Å². The minimum Gasteiger partial charge on any atom is -0.321 e. The highest BCUT2D eigenvalue weighted by atomic mass is 31.2. The van der Waals surface area contributed by atoms with Crippen molar-refractivity contribution in [3.63, 3.8) is 0 Å². The number of rotatable bonds is 4. The Morgan fingerprint density at radius 1 is 0.477 bits per heavy atom. The zero-order valence-corrected chi connectivity index (χ0v) is 25.2. The first-order valence-electron chi connectivity index (χ1n) is 14.6. The number of hydrogen-bond acceptors (Lipinski definition) is 1. The van der Waals surface area contributed by atoms with Gasteiger partial charge in [-0.15, -0.1) is 0 Å². The Labute approximate surface area is 254 Å². The molecule has 0 fully saturated rings. The van der Waals surface area contributed by atoms with Gasteiger partial charge in [-0.3, -0.25) is 4.57 Å². The highest BCUT2D eigenvalue weighted by Gasteiger charge is 2.21. The fourth-order valence-corrected chi connectivity index (χ4v) is 7.37. The maximum Gasteiger partial charge on any atom is 0.356 e. The molecule has 5 nitrogen and oxygen atoms in total. The molecule has 214 valence electrons. The van der Waals surface area contributed by atoms with E-state index in [-0.39, 0.29) is 5.30 Å². The van der Waals surface area contributed by atoms with Crippen LogP contribution in [0.3, 0.4) is 0 Å². The van der Waals surface area contributed by atoms with Crippen molar-refractivity contribution in [2.45, 2.75) is 13.8 Å². The van der Waals surface area contributed by atoms with E-state index in [1.165, 1.54) is 44.6 Å². The molecule has 6 aromatic carbocycles. The van der Waals surface area contributed by atoms with E-state index in [2.05, 4.69) is 108 Å². The summed E-state index contributed by atoms with van der Waals surface area (Å²) in [5.74, 6) is 0. The summed E-state index contributed by atoms with van der Waals surface area (Å²) in [5.41, 5.74) is 11.1. The molecule has 0 radical (unpaired) electrons. The van der Waals surface area contributed by atoms with E-state index in [0.717, 1.165) is 38.7 Å². The van der Waals surface area contributed by atoms with Crippen LogP contribution in [0.4, 0.5) is 0 Å². The molecule has 44 heavy (non-hydrogen) atoms. The fourth-order valence-electron chi connectivity index (χ4n) is 6.80. The summed E-state index contributed by atoms with van der Waals surface area (Å²) in [6, 6.07) is 43.3. The Morgan fingerprint density at radius 3 is 1.32 bits per heavy atom. The van der Waals surface area contributed by atoms with Crippen molar-refractivity contribution in [2.24, 2.45) is 0 Å². The summed E-state index contributed by atoms with van der Waals surface area (Å²) >= 11 is 0. The number of benzene rings is 6. The van der Waals surface area contributed by atoms with Crippen molar-refractivity contribution in [1.82, 2.24) is 9.13 Å². The van der Waals surface area contributed by atoms with Crippen LogP contribution < -0.4 is 5.30 Å². The van der Waals surface area contributed by atoms with Crippen LogP contribution >= 0.6 is 7.60 Å². The molecule has 0 aliphatic carbocycles. The van der Waals surface area contributed by atoms with Crippen LogP contribution in [0.25, 0.3) is 66.1 Å². The van der Waals surface area contributed by atoms with Crippen LogP contribution in [-0.2, 0) is 4.57 Å². The maximum atomic E-state index is 12.0. The minimum atomic E-state index is -4.37. The van der Waals surface area contributed by atoms with Crippen molar-refractivity contribution >= 4 is 56.5 Å². The van der Waals surface area contributed by atoms with Gasteiger partial charge in [0.15, 0.2) is 0 Å². The van der Waals surface area contributed by atoms with Gasteiger partial charge in [0.1, 0.15) is 0 Å². The van der Waals surface area contributed by atoms with E-state index in [1.807, 2.05) is 30.3 Å². The Balaban J connectivity index is 1.24. The first-order valence-corrected chi connectivity index (χ1v) is 16.2. The molecule has 0 saturated carbocycles. The molecule has 0 aliphatic rings. The number of para-hydroxylation sites is 3. The first kappa shape index (κ1) is 26.7. The summed E-state index contributed by atoms with van der Waals surface area (Å²) in [7, 11) is -4.37. The predicted molar refractivity (Wildman–Crippen MR) is 182 cm³/mol. The Kier molecular flexibility index (Phi) is 5.94. The molecule has 2 aromatic heterocycles. The third kappa shape index (κ3) is 4.05. The van der Waals surface area contributed by atoms with Crippen LogP contribution in [0, 0.1) is 13.8 Å². The predicted octanol–water partition coefficient (Wildman–Crippen LogP) is 8.97. The summed E-state index contributed by atoms with van der Waals surface area (Å²) < 4.78 is 16.5. The van der Waals surface area contributed by atoms with E-state index < -0.39 is 7.60 Å². The van der Waals surface area contributed by atoms with Crippen molar-refractivity contribution in [1.29, 1.82) is 0 Å². The van der Waals surface area contributed by atoms with Crippen molar-refractivity contribution < 1.29 is 14.4 Å². The van der Waals surface area contributed by atoms with Gasteiger partial charge >= 0.3 is 7.60 Å². The Morgan fingerprint density at radius 2 is 0.886 bits per heavy atom. The molecule has 0 saturated heterocycles. The number of fused-ring (bicyclic) bond motifs is 6. The molecular weight excluding hydrogens is 563 g/mol. The van der Waals surface area contributed by atoms with Crippen LogP contribution in [0.2, 0.25) is 0 Å². The lowest BCUT2D eigenvalue weighted by atomic mass is 9.95. The lowest BCUT2D eigenvalue weighted by Gasteiger charge is -2.16. The van der Waals surface area contributed by atoms with Crippen LogP contribution in [-0.4, -0.2) is 18.9 Å². The average Bonchev–Trinajstić information content (AvgIpc) is 3.54. The Hall–Kier alpha value is -4.93. The van der Waals surface area contributed by atoms with Crippen LogP contribution in [0.1, 0.15) is 11.1 Å². The van der Waals surface area contributed by atoms with Crippen LogP contribution in [0.15, 0.2) is 127 Å². The van der Waals surface area contributed by atoms with Gasteiger partial charge in [-0.25, -0.2) is 0 Å². The Bertz CT molecular complexity index is 2430. The zero-order chi connectivity index (χ0) is 30.2. The molecule has 0 unspecified atom stereocenters. The van der Waals surface area contributed by atoms with Gasteiger partial charge in [0, 0.05) is 32.9 Å². The second-order valence-electron chi connectivity index (χ2n) is 11.5. The summed E-state index contributed by atoms with van der Waals surface area (Å²) in [6.07, 6.45) is 0. The third-order valence-electron chi connectivity index (χ3n) is 8.80. The third-order valence-corrected chi connectivity index (χ3v) is 9.75. The molecule has 2 N–H and O–H groups in total. The van der Waals surface area contributed by atoms with Gasteiger partial charge in [0.2, 0.25) is 0 Å². The van der Waals surface area contributed by atoms with E-state index in [0.29, 0.717) is 0 Å². The SMILES string of the molecule is Cc1cc(-n2c3ccccc3c3ccccc32)ccc1-c1ccc(-n2c3ccccc3c3cc(P(=O)(O)O)ccc32)cc1C. The number of hydrogen-bond donors (Lipinski definition) is 2. The normalized spacial score (nSPS) is 12.2. The molecule has 0 amide bonds. The smallest absolute Gasteiger partial charge is 0.321 e. The van der Waals surface area contributed by atoms with Gasteiger partial charge in [0.25, 0.3) is 0 Å². The summed E-state index contributed by atoms with van der Waals surface area (Å²) in [4.78, 5) is 19.6. The highest BCUT2D eigenvalue weighted by Crippen LogP contribution is 2.39. The lowest BCUT2D eigenvalue weighted by Crippen LogP contribution is -2.03. The second kappa shape index (κ2) is 9.80. The number of aromatic nitrogens is 2. The molecule has 6 heteroatoms. The molecule has 0 spiro atoms. The lowest BCUT2D eigenvalue weighted by molar-refractivity contribution is 0.387. The molecule has 8 rings (SSSR count). The average molecular weight is 593 g/mol. The van der Waals surface area contributed by atoms with Gasteiger partial charge in [0.05, 0.1) is 27.4 Å². The molecular formula is C38H29N2O3P. The fraction of sp³-hybridized carbons (Fsp3) is 0.0526. The van der Waals surface area contributed by atoms with Gasteiger partial charge in [-0.1, -0.05) is 66.7 Å². The second-order valence-corrected chi connectivity index (χ2v) is 13.1. The van der Waals surface area contributed by atoms with E-state index in [9.17, 15) is 14.4 Å². The van der Waals surface area contributed by atoms with Crippen molar-refractivity contribution in [3.8, 4) is 22.5 Å². The number of aryl methyl sites for hydroxylation is 2. The molecule has 8 aromatic rings. The molecule has 0 aliphatic heterocycles. The maximum absolute atomic E-state index is 12.0. The van der Waals surface area contributed by atoms with Gasteiger partial charge < -0.3 is 18.9 Å². The highest BCUT2D eigenvalue weighted by molar-refractivity contribution is 7.60. The quantitative estimate of drug-likeness (QED) is 0.201. The monoisotopic (exact) mass is 592 g/mol. The summed E-state index contributed by atoms with van der Waals surface area (Å²) in [5, 5.41) is 4.30. The van der Waals surface area contributed by atoms with Crippen LogP contribution in [0.5, 0.6) is 0 Å². The minimum absolute atomic E-state index is 0.0271. The van der Waals surface area contributed by atoms with Crippen molar-refractivity contribution in [3.05, 3.63) is 139 Å². The van der Waals surface area contributed by atoms with E-state index in [4.69, 9.17) is 0 Å². The first-order chi connectivity index (χ1) is 21.3. The van der Waals surface area contributed by atoms with E-state index >= 15 is 0 Å². The topological polar surface area (TPSA) is 67.4 Å². The zero-order valence-electron chi connectivity index (χ0n) is 24.3. The standard InChI is InChI=1S/C38H29N2O3P/c1-24-21-26(39-35-12-6-3-9-31(35)32-10-4-7-13-36(32)39)15-18-29(24)30-19-16-27(22-25(30)2)40-37-14-8-5-11-33(37)34-23-28(44(41,42)43)17-20-38(34)40/h3-23H,1-2H3,(H2,41,42,43). The molecule has 0 bridgehead atoms. The number of nitrogens with zero attached hydrogens (tertiary/aromatic N) is 2. The van der Waals surface area contributed by atoms with Gasteiger partial charge in [-0.2, -0.15) is 0 Å². The molecule has 2 heterocycles. The van der Waals surface area contributed by atoms with Crippen molar-refractivity contribution in [2.75, 3.05) is 0 Å².